The molecular formula is C14H14N4O. The van der Waals surface area contributed by atoms with E-state index in [1.165, 1.54) is 0 Å². The van der Waals surface area contributed by atoms with E-state index in [0.29, 0.717) is 5.88 Å². The third-order valence-corrected chi connectivity index (χ3v) is 3.03. The van der Waals surface area contributed by atoms with Gasteiger partial charge >= 0.3 is 0 Å². The Morgan fingerprint density at radius 1 is 0.947 bits per heavy atom. The van der Waals surface area contributed by atoms with Crippen LogP contribution in [0.3, 0.4) is 0 Å². The van der Waals surface area contributed by atoms with Gasteiger partial charge in [-0.1, -0.05) is 0 Å². The molecule has 0 bridgehead atoms. The quantitative estimate of drug-likeness (QED) is 0.751. The molecule has 0 saturated heterocycles. The third kappa shape index (κ3) is 2.22. The maximum atomic E-state index is 5.04. The van der Waals surface area contributed by atoms with Gasteiger partial charge in [0.1, 0.15) is 0 Å². The van der Waals surface area contributed by atoms with Crippen molar-refractivity contribution in [3.05, 3.63) is 65.9 Å². The van der Waals surface area contributed by atoms with Gasteiger partial charge < -0.3 is 14.7 Å². The van der Waals surface area contributed by atoms with E-state index in [0.717, 1.165) is 17.1 Å². The van der Waals surface area contributed by atoms with Gasteiger partial charge in [-0.05, 0) is 30.3 Å². The number of rotatable bonds is 4. The van der Waals surface area contributed by atoms with E-state index < -0.39 is 0 Å². The lowest BCUT2D eigenvalue weighted by molar-refractivity contribution is 0.391. The molecule has 0 radical (unpaired) electrons. The van der Waals surface area contributed by atoms with Crippen LogP contribution in [0.1, 0.15) is 23.0 Å². The summed E-state index contributed by atoms with van der Waals surface area (Å²) < 4.78 is 5.04. The van der Waals surface area contributed by atoms with Crippen LogP contribution in [0.2, 0.25) is 0 Å². The molecule has 0 amide bonds. The second kappa shape index (κ2) is 4.97. The number of H-pyrrole nitrogens is 2. The van der Waals surface area contributed by atoms with Gasteiger partial charge in [-0.3, -0.25) is 0 Å². The minimum Gasteiger partial charge on any atom is -0.480 e. The summed E-state index contributed by atoms with van der Waals surface area (Å²) in [6.07, 6.45) is 3.81. The molecule has 3 rings (SSSR count). The maximum absolute atomic E-state index is 5.04. The number of aromatic nitrogens is 4. The normalized spacial score (nSPS) is 10.8. The first-order chi connectivity index (χ1) is 9.38. The van der Waals surface area contributed by atoms with Gasteiger partial charge in [0.05, 0.1) is 18.7 Å². The summed E-state index contributed by atoms with van der Waals surface area (Å²) in [7, 11) is 1.58. The molecular weight excluding hydrogens is 240 g/mol. The summed E-state index contributed by atoms with van der Waals surface area (Å²) >= 11 is 0. The van der Waals surface area contributed by atoms with E-state index in [2.05, 4.69) is 20.2 Å². The summed E-state index contributed by atoms with van der Waals surface area (Å²) in [4.78, 5) is 6.47. The number of hydrogen-bond acceptors (Lipinski definition) is 3. The molecule has 0 saturated carbocycles. The highest BCUT2D eigenvalue weighted by Crippen LogP contribution is 2.28. The summed E-state index contributed by atoms with van der Waals surface area (Å²) in [6.45, 7) is 0. The summed E-state index contributed by atoms with van der Waals surface area (Å²) in [5.74, 6) is 0.531. The highest BCUT2D eigenvalue weighted by Gasteiger charge is 2.20. The van der Waals surface area contributed by atoms with Gasteiger partial charge in [0, 0.05) is 29.8 Å². The fraction of sp³-hybridized carbons (Fsp3) is 0.143. The first-order valence-electron chi connectivity index (χ1n) is 6.02. The first kappa shape index (κ1) is 11.5. The van der Waals surface area contributed by atoms with Gasteiger partial charge in [0.2, 0.25) is 5.88 Å². The van der Waals surface area contributed by atoms with Crippen molar-refractivity contribution in [1.82, 2.24) is 20.2 Å². The molecule has 0 fully saturated rings. The molecule has 19 heavy (non-hydrogen) atoms. The van der Waals surface area contributed by atoms with Crippen LogP contribution in [0.4, 0.5) is 0 Å². The number of nitrogens with zero attached hydrogens (tertiary/aromatic N) is 2. The largest absolute Gasteiger partial charge is 0.480 e. The van der Waals surface area contributed by atoms with Crippen LogP contribution in [0.15, 0.2) is 48.8 Å². The fourth-order valence-corrected chi connectivity index (χ4v) is 2.13. The molecule has 0 aliphatic rings. The minimum absolute atomic E-state index is 0.0170. The number of nitrogens with one attached hydrogen (secondary N) is 2. The van der Waals surface area contributed by atoms with Crippen LogP contribution < -0.4 is 4.74 Å². The van der Waals surface area contributed by atoms with E-state index >= 15 is 0 Å². The molecule has 0 aliphatic heterocycles. The monoisotopic (exact) mass is 254 g/mol. The Morgan fingerprint density at radius 2 is 1.63 bits per heavy atom. The highest BCUT2D eigenvalue weighted by atomic mass is 16.5. The molecule has 3 aromatic heterocycles. The lowest BCUT2D eigenvalue weighted by atomic mass is 9.97. The zero-order chi connectivity index (χ0) is 13.1. The molecule has 0 atom stereocenters. The Hall–Kier alpha value is -2.56. The van der Waals surface area contributed by atoms with Crippen molar-refractivity contribution in [2.45, 2.75) is 5.92 Å². The number of hydrogen-bond donors (Lipinski definition) is 2. The van der Waals surface area contributed by atoms with E-state index in [1.807, 2.05) is 48.8 Å². The van der Waals surface area contributed by atoms with E-state index in [4.69, 9.17) is 4.74 Å². The molecule has 3 heterocycles. The van der Waals surface area contributed by atoms with Crippen LogP contribution in [-0.4, -0.2) is 27.3 Å². The van der Waals surface area contributed by atoms with Crippen LogP contribution >= 0.6 is 0 Å². The lowest BCUT2D eigenvalue weighted by Crippen LogP contribution is -2.07. The fourth-order valence-electron chi connectivity index (χ4n) is 2.13. The highest BCUT2D eigenvalue weighted by molar-refractivity contribution is 5.34. The summed E-state index contributed by atoms with van der Waals surface area (Å²) in [5, 5.41) is 8.28. The average molecular weight is 254 g/mol. The number of methoxy groups -OCH3 is 1. The molecule has 96 valence electrons. The maximum Gasteiger partial charge on any atom is 0.233 e. The van der Waals surface area contributed by atoms with Crippen molar-refractivity contribution in [2.24, 2.45) is 0 Å². The topological polar surface area (TPSA) is 66.6 Å². The average Bonchev–Trinajstić information content (AvgIpc) is 3.13. The van der Waals surface area contributed by atoms with Crippen molar-refractivity contribution in [1.29, 1.82) is 0 Å². The molecule has 0 aliphatic carbocycles. The molecule has 0 aromatic carbocycles. The SMILES string of the molecule is COc1ccc(C(c2ccc[nH]2)c2ccc[nH]2)nn1. The molecule has 0 spiro atoms. The van der Waals surface area contributed by atoms with E-state index in [9.17, 15) is 0 Å². The van der Waals surface area contributed by atoms with Crippen molar-refractivity contribution in [2.75, 3.05) is 7.11 Å². The van der Waals surface area contributed by atoms with Crippen LogP contribution in [0.5, 0.6) is 5.88 Å². The van der Waals surface area contributed by atoms with Gasteiger partial charge in [-0.2, -0.15) is 5.10 Å². The van der Waals surface area contributed by atoms with E-state index in [-0.39, 0.29) is 5.92 Å². The van der Waals surface area contributed by atoms with E-state index in [1.54, 1.807) is 7.11 Å². The lowest BCUT2D eigenvalue weighted by Gasteiger charge is -2.13. The Balaban J connectivity index is 2.04. The smallest absolute Gasteiger partial charge is 0.233 e. The predicted molar refractivity (Wildman–Crippen MR) is 71.1 cm³/mol. The van der Waals surface area contributed by atoms with Crippen LogP contribution in [0, 0.1) is 0 Å². The van der Waals surface area contributed by atoms with Crippen LogP contribution in [0.25, 0.3) is 0 Å². The predicted octanol–water partition coefficient (Wildman–Crippen LogP) is 2.32. The molecule has 5 nitrogen and oxygen atoms in total. The standard InChI is InChI=1S/C14H14N4O/c1-19-13-7-6-12(17-18-13)14(10-4-2-8-15-10)11-5-3-9-16-11/h2-9,14-16H,1H3. The molecule has 0 unspecified atom stereocenters. The van der Waals surface area contributed by atoms with Gasteiger partial charge in [0.15, 0.2) is 0 Å². The Labute approximate surface area is 110 Å². The van der Waals surface area contributed by atoms with Gasteiger partial charge in [0.25, 0.3) is 0 Å². The second-order valence-corrected chi connectivity index (χ2v) is 4.18. The molecule has 5 heteroatoms. The molecule has 2 N–H and O–H groups in total. The van der Waals surface area contributed by atoms with Gasteiger partial charge in [-0.25, -0.2) is 0 Å². The van der Waals surface area contributed by atoms with Crippen molar-refractivity contribution in [3.8, 4) is 5.88 Å². The van der Waals surface area contributed by atoms with Crippen LogP contribution in [-0.2, 0) is 0 Å². The minimum atomic E-state index is 0.0170. The Kier molecular flexibility index (Phi) is 3.02. The van der Waals surface area contributed by atoms with Crippen molar-refractivity contribution in [3.63, 3.8) is 0 Å². The summed E-state index contributed by atoms with van der Waals surface area (Å²) in [6, 6.07) is 11.8. The Bertz CT molecular complexity index is 580. The van der Waals surface area contributed by atoms with Gasteiger partial charge in [-0.15, -0.1) is 5.10 Å². The first-order valence-corrected chi connectivity index (χ1v) is 6.02. The molecule has 3 aromatic rings. The second-order valence-electron chi connectivity index (χ2n) is 4.18. The van der Waals surface area contributed by atoms with Crippen molar-refractivity contribution < 1.29 is 4.74 Å². The zero-order valence-electron chi connectivity index (χ0n) is 10.5. The Morgan fingerprint density at radius 3 is 2.05 bits per heavy atom. The van der Waals surface area contributed by atoms with Crippen molar-refractivity contribution >= 4 is 0 Å². The zero-order valence-corrected chi connectivity index (χ0v) is 10.5. The summed E-state index contributed by atoms with van der Waals surface area (Å²) in [5.41, 5.74) is 3.01. The number of aromatic amines is 2. The third-order valence-electron chi connectivity index (χ3n) is 3.03. The number of ether oxygens (including phenoxy) is 1.